The van der Waals surface area contributed by atoms with Gasteiger partial charge in [-0.25, -0.2) is 4.98 Å². The van der Waals surface area contributed by atoms with E-state index in [4.69, 9.17) is 9.39 Å². The number of methoxy groups -OCH3 is 1. The molecule has 6 nitrogen and oxygen atoms in total. The molecule has 26 heavy (non-hydrogen) atoms. The van der Waals surface area contributed by atoms with Crippen LogP contribution in [0.1, 0.15) is 52.5 Å². The van der Waals surface area contributed by atoms with Crippen molar-refractivity contribution in [1.29, 1.82) is 0 Å². The predicted molar refractivity (Wildman–Crippen MR) is 101 cm³/mol. The van der Waals surface area contributed by atoms with Crippen LogP contribution in [0.25, 0.3) is 0 Å². The zero-order chi connectivity index (χ0) is 19.1. The van der Waals surface area contributed by atoms with E-state index >= 15 is 0 Å². The maximum absolute atomic E-state index is 12.3. The lowest BCUT2D eigenvalue weighted by atomic mass is 9.82. The third-order valence-electron chi connectivity index (χ3n) is 5.97. The van der Waals surface area contributed by atoms with Crippen LogP contribution in [0, 0.1) is 0 Å². The maximum atomic E-state index is 12.3. The van der Waals surface area contributed by atoms with Gasteiger partial charge in [0.15, 0.2) is 0 Å². The Morgan fingerprint density at radius 1 is 1.23 bits per heavy atom. The molecule has 1 aliphatic heterocycles. The molecule has 1 aromatic heterocycles. The summed E-state index contributed by atoms with van der Waals surface area (Å²) in [6.45, 7) is 7.95. The lowest BCUT2D eigenvalue weighted by molar-refractivity contribution is -0.120. The average Bonchev–Trinajstić information content (AvgIpc) is 2.57. The van der Waals surface area contributed by atoms with Gasteiger partial charge in [0.25, 0.3) is 0 Å². The maximum Gasteiger partial charge on any atom is 0.332 e. The second-order valence-corrected chi connectivity index (χ2v) is 8.25. The van der Waals surface area contributed by atoms with Crippen LogP contribution in [0.2, 0.25) is 0 Å². The van der Waals surface area contributed by atoms with Crippen molar-refractivity contribution in [2.45, 2.75) is 76.7 Å². The number of nitrogens with zero attached hydrogens (tertiary/aromatic N) is 2. The number of aryl methyl sites for hydroxylation is 1. The molecule has 1 amide bonds. The molecule has 3 rings (SSSR count). The van der Waals surface area contributed by atoms with Crippen molar-refractivity contribution in [2.75, 3.05) is 12.0 Å². The Bertz CT molecular complexity index is 686. The number of ether oxygens (including phenoxy) is 1. The Hall–Kier alpha value is -1.44. The lowest BCUT2D eigenvalue weighted by Gasteiger charge is -2.42. The van der Waals surface area contributed by atoms with Gasteiger partial charge >= 0.3 is 7.48 Å². The summed E-state index contributed by atoms with van der Waals surface area (Å²) in [6, 6.07) is 2.10. The summed E-state index contributed by atoms with van der Waals surface area (Å²) < 4.78 is 11.5. The molecule has 1 fully saturated rings. The van der Waals surface area contributed by atoms with Gasteiger partial charge < -0.3 is 14.5 Å². The Labute approximate surface area is 156 Å². The zero-order valence-corrected chi connectivity index (χ0v) is 16.3. The van der Waals surface area contributed by atoms with Crippen LogP contribution in [0.4, 0.5) is 5.82 Å². The Morgan fingerprint density at radius 3 is 2.54 bits per heavy atom. The van der Waals surface area contributed by atoms with Gasteiger partial charge in [-0.05, 0) is 58.0 Å². The summed E-state index contributed by atoms with van der Waals surface area (Å²) in [5.74, 6) is 0.824. The van der Waals surface area contributed by atoms with Crippen LogP contribution in [0.15, 0.2) is 12.3 Å². The summed E-state index contributed by atoms with van der Waals surface area (Å²) in [4.78, 5) is 18.7. The van der Waals surface area contributed by atoms with Crippen molar-refractivity contribution in [3.05, 3.63) is 17.8 Å². The summed E-state index contributed by atoms with van der Waals surface area (Å²) in [5.41, 5.74) is 0.958. The number of pyridine rings is 1. The smallest absolute Gasteiger partial charge is 0.332 e. The minimum absolute atomic E-state index is 0.0663. The van der Waals surface area contributed by atoms with E-state index in [9.17, 15) is 9.90 Å². The van der Waals surface area contributed by atoms with Crippen LogP contribution >= 0.6 is 0 Å². The van der Waals surface area contributed by atoms with E-state index in [1.54, 1.807) is 25.7 Å². The lowest BCUT2D eigenvalue weighted by Crippen LogP contribution is -2.52. The molecule has 2 heterocycles. The molecule has 1 N–H and O–H groups in total. The molecule has 1 radical (unpaired) electrons. The Balaban J connectivity index is 1.74. The summed E-state index contributed by atoms with van der Waals surface area (Å²) in [7, 11) is 3.39. The predicted octanol–water partition coefficient (Wildman–Crippen LogP) is 1.35. The number of aliphatic hydroxyl groups is 1. The SMILES string of the molecule is COC(C)(C)C(C)(C)O[B]c1cnc2c(c1)CCC(=O)N2C1CC(O)C1. The van der Waals surface area contributed by atoms with Gasteiger partial charge in [0.2, 0.25) is 5.91 Å². The molecule has 2 aliphatic rings. The van der Waals surface area contributed by atoms with Crippen LogP contribution in [0.3, 0.4) is 0 Å². The first-order valence-electron chi connectivity index (χ1n) is 9.20. The van der Waals surface area contributed by atoms with Gasteiger partial charge in [-0.1, -0.05) is 6.07 Å². The molecule has 1 saturated carbocycles. The highest BCUT2D eigenvalue weighted by Crippen LogP contribution is 2.34. The van der Waals surface area contributed by atoms with E-state index in [2.05, 4.69) is 4.98 Å². The summed E-state index contributed by atoms with van der Waals surface area (Å²) >= 11 is 0. The normalized spacial score (nSPS) is 23.5. The number of amides is 1. The molecule has 7 heteroatoms. The molecule has 1 aromatic rings. The topological polar surface area (TPSA) is 71.9 Å². The monoisotopic (exact) mass is 359 g/mol. The number of carbonyl (C=O) groups is 1. The van der Waals surface area contributed by atoms with Crippen molar-refractivity contribution in [3.8, 4) is 0 Å². The van der Waals surface area contributed by atoms with Crippen molar-refractivity contribution < 1.29 is 19.3 Å². The fourth-order valence-electron chi connectivity index (χ4n) is 3.22. The summed E-state index contributed by atoms with van der Waals surface area (Å²) in [5, 5.41) is 9.57. The van der Waals surface area contributed by atoms with Crippen molar-refractivity contribution in [1.82, 2.24) is 4.98 Å². The third kappa shape index (κ3) is 3.52. The second kappa shape index (κ2) is 6.95. The molecule has 141 valence electrons. The first-order chi connectivity index (χ1) is 12.1. The number of hydrogen-bond acceptors (Lipinski definition) is 5. The molecule has 0 saturated heterocycles. The van der Waals surface area contributed by atoms with E-state index in [1.807, 2.05) is 33.8 Å². The van der Waals surface area contributed by atoms with Gasteiger partial charge in [-0.3, -0.25) is 9.69 Å². The van der Waals surface area contributed by atoms with Crippen molar-refractivity contribution >= 4 is 24.7 Å². The van der Waals surface area contributed by atoms with E-state index < -0.39 is 11.2 Å². The summed E-state index contributed by atoms with van der Waals surface area (Å²) in [6.07, 6.45) is 3.85. The van der Waals surface area contributed by atoms with E-state index in [0.717, 1.165) is 16.8 Å². The molecular weight excluding hydrogens is 331 g/mol. The van der Waals surface area contributed by atoms with Crippen LogP contribution in [-0.2, 0) is 20.6 Å². The standard InChI is InChI=1S/C19H28BN2O4/c1-18(2,25-5)19(3,4)26-20-13-8-12-6-7-16(24)22(17(12)21-11-13)14-9-15(23)10-14/h8,11,14-15,23H,6-7,9-10H2,1-5H3. The molecule has 0 aromatic carbocycles. The van der Waals surface area contributed by atoms with Crippen LogP contribution in [-0.4, -0.2) is 53.9 Å². The first kappa shape index (κ1) is 19.3. The number of hydrogen-bond donors (Lipinski definition) is 1. The number of aliphatic hydroxyl groups excluding tert-OH is 1. The first-order valence-corrected chi connectivity index (χ1v) is 9.20. The van der Waals surface area contributed by atoms with E-state index in [0.29, 0.717) is 25.7 Å². The molecule has 0 atom stereocenters. The quantitative estimate of drug-likeness (QED) is 0.777. The Kier molecular flexibility index (Phi) is 5.16. The Morgan fingerprint density at radius 2 is 1.92 bits per heavy atom. The minimum atomic E-state index is -0.512. The third-order valence-corrected chi connectivity index (χ3v) is 5.97. The van der Waals surface area contributed by atoms with Gasteiger partial charge in [0.05, 0.1) is 17.3 Å². The minimum Gasteiger partial charge on any atom is -0.427 e. The highest BCUT2D eigenvalue weighted by Gasteiger charge is 2.40. The highest BCUT2D eigenvalue weighted by molar-refractivity contribution is 6.47. The molecule has 0 bridgehead atoms. The number of anilines is 1. The largest absolute Gasteiger partial charge is 0.427 e. The zero-order valence-electron chi connectivity index (χ0n) is 16.3. The molecular formula is C19H28BN2O4. The van der Waals surface area contributed by atoms with Gasteiger partial charge in [-0.2, -0.15) is 0 Å². The fraction of sp³-hybridized carbons (Fsp3) is 0.684. The fourth-order valence-corrected chi connectivity index (χ4v) is 3.22. The second-order valence-electron chi connectivity index (χ2n) is 8.25. The van der Waals surface area contributed by atoms with E-state index in [1.165, 1.54) is 0 Å². The highest BCUT2D eigenvalue weighted by atomic mass is 16.5. The number of fused-ring (bicyclic) bond motifs is 1. The van der Waals surface area contributed by atoms with Gasteiger partial charge in [0, 0.05) is 25.8 Å². The molecule has 0 spiro atoms. The van der Waals surface area contributed by atoms with Crippen LogP contribution in [0.5, 0.6) is 0 Å². The number of carbonyl (C=O) groups excluding carboxylic acids is 1. The number of rotatable bonds is 6. The van der Waals surface area contributed by atoms with Crippen LogP contribution < -0.4 is 10.4 Å². The van der Waals surface area contributed by atoms with Gasteiger partial charge in [0.1, 0.15) is 5.82 Å². The number of aromatic nitrogens is 1. The van der Waals surface area contributed by atoms with Crippen molar-refractivity contribution in [2.24, 2.45) is 0 Å². The van der Waals surface area contributed by atoms with Crippen molar-refractivity contribution in [3.63, 3.8) is 0 Å². The van der Waals surface area contributed by atoms with Gasteiger partial charge in [-0.15, -0.1) is 0 Å². The average molecular weight is 359 g/mol. The molecule has 1 aliphatic carbocycles. The molecule has 0 unspecified atom stereocenters. The van der Waals surface area contributed by atoms with E-state index in [-0.39, 0.29) is 18.1 Å².